The summed E-state index contributed by atoms with van der Waals surface area (Å²) in [7, 11) is 0. The van der Waals surface area contributed by atoms with Crippen molar-refractivity contribution in [3.8, 4) is 10.6 Å². The smallest absolute Gasteiger partial charge is 0.309 e. The normalized spacial score (nSPS) is 14.8. The number of amides is 1. The van der Waals surface area contributed by atoms with Gasteiger partial charge >= 0.3 is 5.97 Å². The molecule has 0 saturated carbocycles. The first-order valence-electron chi connectivity index (χ1n) is 9.20. The summed E-state index contributed by atoms with van der Waals surface area (Å²) < 4.78 is 10.6. The lowest BCUT2D eigenvalue weighted by Gasteiger charge is -2.30. The largest absolute Gasteiger partial charge is 0.459 e. The minimum atomic E-state index is -0.223. The van der Waals surface area contributed by atoms with E-state index in [-0.39, 0.29) is 24.4 Å². The summed E-state index contributed by atoms with van der Waals surface area (Å²) in [4.78, 5) is 30.9. The van der Waals surface area contributed by atoms with E-state index in [0.717, 1.165) is 16.3 Å². The van der Waals surface area contributed by atoms with Crippen LogP contribution in [-0.2, 0) is 16.1 Å². The second-order valence-corrected chi connectivity index (χ2v) is 7.52. The molecule has 6 nitrogen and oxygen atoms in total. The van der Waals surface area contributed by atoms with Crippen LogP contribution in [0.2, 0.25) is 0 Å². The highest BCUT2D eigenvalue weighted by Gasteiger charge is 2.29. The topological polar surface area (TPSA) is 72.6 Å². The number of carbonyl (C=O) groups is 2. The molecular formula is C21H20N2O4S. The van der Waals surface area contributed by atoms with Crippen molar-refractivity contribution in [2.75, 3.05) is 13.1 Å². The Morgan fingerprint density at radius 2 is 1.93 bits per heavy atom. The van der Waals surface area contributed by atoms with Gasteiger partial charge in [0.25, 0.3) is 5.91 Å². The van der Waals surface area contributed by atoms with Gasteiger partial charge in [-0.25, -0.2) is 4.98 Å². The summed E-state index contributed by atoms with van der Waals surface area (Å²) in [6.07, 6.45) is 2.67. The predicted octanol–water partition coefficient (Wildman–Crippen LogP) is 4.00. The predicted molar refractivity (Wildman–Crippen MR) is 105 cm³/mol. The molecule has 0 unspecified atom stereocenters. The van der Waals surface area contributed by atoms with Gasteiger partial charge in [0.15, 0.2) is 5.76 Å². The minimum Gasteiger partial charge on any atom is -0.459 e. The van der Waals surface area contributed by atoms with Crippen molar-refractivity contribution < 1.29 is 18.7 Å². The fourth-order valence-electron chi connectivity index (χ4n) is 3.22. The maximum atomic E-state index is 12.4. The maximum Gasteiger partial charge on any atom is 0.309 e. The van der Waals surface area contributed by atoms with Crippen molar-refractivity contribution in [3.05, 3.63) is 65.6 Å². The molecule has 3 aromatic rings. The molecule has 3 heterocycles. The highest BCUT2D eigenvalue weighted by Crippen LogP contribution is 2.25. The van der Waals surface area contributed by atoms with Crippen LogP contribution >= 0.6 is 11.3 Å². The zero-order valence-electron chi connectivity index (χ0n) is 15.2. The molecule has 1 aliphatic rings. The Bertz CT molecular complexity index is 928. The fraction of sp³-hybridized carbons (Fsp3) is 0.286. The van der Waals surface area contributed by atoms with Gasteiger partial charge in [0.05, 0.1) is 17.9 Å². The zero-order chi connectivity index (χ0) is 19.3. The lowest BCUT2D eigenvalue weighted by atomic mass is 9.97. The highest BCUT2D eigenvalue weighted by molar-refractivity contribution is 7.13. The molecule has 1 fully saturated rings. The number of aromatic nitrogens is 1. The molecule has 0 N–H and O–H groups in total. The van der Waals surface area contributed by atoms with E-state index in [4.69, 9.17) is 9.15 Å². The Hall–Kier alpha value is -2.93. The molecule has 0 bridgehead atoms. The third kappa shape index (κ3) is 4.14. The Morgan fingerprint density at radius 3 is 2.64 bits per heavy atom. The van der Waals surface area contributed by atoms with Crippen LogP contribution < -0.4 is 0 Å². The molecule has 2 aromatic heterocycles. The Kier molecular flexibility index (Phi) is 5.53. The van der Waals surface area contributed by atoms with E-state index >= 15 is 0 Å². The average Bonchev–Trinajstić information content (AvgIpc) is 3.44. The van der Waals surface area contributed by atoms with Crippen LogP contribution in [0.25, 0.3) is 10.6 Å². The zero-order valence-corrected chi connectivity index (χ0v) is 16.1. The molecular weight excluding hydrogens is 376 g/mol. The lowest BCUT2D eigenvalue weighted by Crippen LogP contribution is -2.40. The number of ether oxygens (including phenoxy) is 1. The number of esters is 1. The maximum absolute atomic E-state index is 12.4. The molecule has 1 saturated heterocycles. The number of benzene rings is 1. The number of carbonyl (C=O) groups excluding carboxylic acids is 2. The van der Waals surface area contributed by atoms with Crippen molar-refractivity contribution in [3.63, 3.8) is 0 Å². The summed E-state index contributed by atoms with van der Waals surface area (Å²) in [5.41, 5.74) is 1.81. The van der Waals surface area contributed by atoms with Gasteiger partial charge < -0.3 is 14.1 Å². The standard InChI is InChI=1S/C21H20N2O4S/c24-20(18-7-4-12-26-18)23-10-8-16(9-11-23)21(25)27-13-17-14-28-19(22-17)15-5-2-1-3-6-15/h1-7,12,14,16H,8-11,13H2. The molecule has 1 amide bonds. The lowest BCUT2D eigenvalue weighted by molar-refractivity contribution is -0.151. The van der Waals surface area contributed by atoms with Gasteiger partial charge in [0.2, 0.25) is 0 Å². The number of furan rings is 1. The molecule has 7 heteroatoms. The molecule has 0 atom stereocenters. The molecule has 4 rings (SSSR count). The number of thiazole rings is 1. The fourth-order valence-corrected chi connectivity index (χ4v) is 4.03. The van der Waals surface area contributed by atoms with Crippen LogP contribution in [0.15, 0.2) is 58.5 Å². The summed E-state index contributed by atoms with van der Waals surface area (Å²) in [5, 5.41) is 2.83. The van der Waals surface area contributed by atoms with E-state index in [2.05, 4.69) is 4.98 Å². The summed E-state index contributed by atoms with van der Waals surface area (Å²) in [6, 6.07) is 13.3. The molecule has 1 aliphatic heterocycles. The second kappa shape index (κ2) is 8.39. The van der Waals surface area contributed by atoms with Crippen LogP contribution in [0, 0.1) is 5.92 Å². The van der Waals surface area contributed by atoms with Gasteiger partial charge in [-0.05, 0) is 25.0 Å². The van der Waals surface area contributed by atoms with Crippen molar-refractivity contribution in [1.82, 2.24) is 9.88 Å². The average molecular weight is 396 g/mol. The Labute approximate surface area is 166 Å². The van der Waals surface area contributed by atoms with Crippen LogP contribution in [-0.4, -0.2) is 34.8 Å². The third-order valence-corrected chi connectivity index (χ3v) is 5.72. The first-order valence-corrected chi connectivity index (χ1v) is 10.1. The van der Waals surface area contributed by atoms with Crippen LogP contribution in [0.4, 0.5) is 0 Å². The van der Waals surface area contributed by atoms with Gasteiger partial charge in [-0.2, -0.15) is 0 Å². The molecule has 144 valence electrons. The van der Waals surface area contributed by atoms with Crippen molar-refractivity contribution in [1.29, 1.82) is 0 Å². The quantitative estimate of drug-likeness (QED) is 0.610. The monoisotopic (exact) mass is 396 g/mol. The van der Waals surface area contributed by atoms with Gasteiger partial charge in [0.1, 0.15) is 11.6 Å². The summed E-state index contributed by atoms with van der Waals surface area (Å²) in [6.45, 7) is 1.22. The number of nitrogens with zero attached hydrogens (tertiary/aromatic N) is 2. The molecule has 0 spiro atoms. The van der Waals surface area contributed by atoms with E-state index in [1.54, 1.807) is 17.0 Å². The second-order valence-electron chi connectivity index (χ2n) is 6.66. The Morgan fingerprint density at radius 1 is 1.14 bits per heavy atom. The first kappa shape index (κ1) is 18.4. The van der Waals surface area contributed by atoms with Crippen LogP contribution in [0.3, 0.4) is 0 Å². The first-order chi connectivity index (χ1) is 13.7. The van der Waals surface area contributed by atoms with Gasteiger partial charge in [-0.15, -0.1) is 11.3 Å². The number of likely N-dealkylation sites (tertiary alicyclic amines) is 1. The van der Waals surface area contributed by atoms with Gasteiger partial charge in [-0.3, -0.25) is 9.59 Å². The molecule has 0 radical (unpaired) electrons. The number of hydrogen-bond acceptors (Lipinski definition) is 6. The van der Waals surface area contributed by atoms with E-state index in [0.29, 0.717) is 31.7 Å². The van der Waals surface area contributed by atoms with E-state index < -0.39 is 0 Å². The van der Waals surface area contributed by atoms with E-state index in [1.165, 1.54) is 17.6 Å². The van der Waals surface area contributed by atoms with Crippen molar-refractivity contribution in [2.24, 2.45) is 5.92 Å². The van der Waals surface area contributed by atoms with Gasteiger partial charge in [-0.1, -0.05) is 30.3 Å². The highest BCUT2D eigenvalue weighted by atomic mass is 32.1. The van der Waals surface area contributed by atoms with Gasteiger partial charge in [0, 0.05) is 24.0 Å². The SMILES string of the molecule is O=C(OCc1csc(-c2ccccc2)n1)C1CCN(C(=O)c2ccco2)CC1. The van der Waals surface area contributed by atoms with Crippen LogP contribution in [0.5, 0.6) is 0 Å². The summed E-state index contributed by atoms with van der Waals surface area (Å²) in [5.74, 6) is -0.209. The Balaban J connectivity index is 1.26. The number of hydrogen-bond donors (Lipinski definition) is 0. The summed E-state index contributed by atoms with van der Waals surface area (Å²) >= 11 is 1.54. The van der Waals surface area contributed by atoms with Crippen molar-refractivity contribution >= 4 is 23.2 Å². The van der Waals surface area contributed by atoms with E-state index in [1.807, 2.05) is 35.7 Å². The third-order valence-electron chi connectivity index (χ3n) is 4.78. The number of rotatable bonds is 5. The van der Waals surface area contributed by atoms with Crippen molar-refractivity contribution in [2.45, 2.75) is 19.4 Å². The molecule has 1 aromatic carbocycles. The van der Waals surface area contributed by atoms with E-state index in [9.17, 15) is 9.59 Å². The minimum absolute atomic E-state index is 0.132. The van der Waals surface area contributed by atoms with Crippen LogP contribution in [0.1, 0.15) is 29.1 Å². The molecule has 28 heavy (non-hydrogen) atoms. The molecule has 0 aliphatic carbocycles. The number of piperidine rings is 1.